The summed E-state index contributed by atoms with van der Waals surface area (Å²) in [6.07, 6.45) is 10.0. The van der Waals surface area contributed by atoms with Gasteiger partial charge in [0.05, 0.1) is 17.0 Å². The molecule has 1 aliphatic heterocycles. The molecule has 5 nitrogen and oxygen atoms in total. The smallest absolute Gasteiger partial charge is 0.392 e. The van der Waals surface area contributed by atoms with Crippen molar-refractivity contribution in [2.75, 3.05) is 29.9 Å². The predicted octanol–water partition coefficient (Wildman–Crippen LogP) is 9.63. The summed E-state index contributed by atoms with van der Waals surface area (Å²) in [7, 11) is 0. The van der Waals surface area contributed by atoms with Crippen LogP contribution in [0.4, 0.5) is 33.5 Å². The second-order valence-corrected chi connectivity index (χ2v) is 11.9. The Hall–Kier alpha value is -2.91. The topological polar surface area (TPSA) is 49.8 Å². The molecule has 43 heavy (non-hydrogen) atoms. The molecule has 4 rings (SSSR count). The molecular weight excluding hydrogens is 563 g/mol. The van der Waals surface area contributed by atoms with Crippen molar-refractivity contribution in [3.05, 3.63) is 53.2 Å². The summed E-state index contributed by atoms with van der Waals surface area (Å²) < 4.78 is 68.2. The van der Waals surface area contributed by atoms with Gasteiger partial charge in [0, 0.05) is 44.7 Å². The molecule has 1 aliphatic carbocycles. The number of aromatic nitrogens is 1. The van der Waals surface area contributed by atoms with Gasteiger partial charge in [0.1, 0.15) is 23.6 Å². The first-order chi connectivity index (χ1) is 20.7. The zero-order valence-corrected chi connectivity index (χ0v) is 25.2. The van der Waals surface area contributed by atoms with Crippen LogP contribution in [0.1, 0.15) is 114 Å². The van der Waals surface area contributed by atoms with Gasteiger partial charge in [0.15, 0.2) is 0 Å². The zero-order valence-electron chi connectivity index (χ0n) is 25.2. The molecule has 0 spiro atoms. The Bertz CT molecular complexity index is 1150. The lowest BCUT2D eigenvalue weighted by molar-refractivity contribution is -0.137. The van der Waals surface area contributed by atoms with E-state index in [2.05, 4.69) is 22.4 Å². The van der Waals surface area contributed by atoms with Crippen LogP contribution in [0.15, 0.2) is 35.6 Å². The number of oxime groups is 1. The van der Waals surface area contributed by atoms with Crippen LogP contribution in [0.2, 0.25) is 0 Å². The molecule has 2 heterocycles. The minimum Gasteiger partial charge on any atom is -0.392 e. The number of halogens is 5. The molecule has 238 valence electrons. The molecule has 10 heteroatoms. The highest BCUT2D eigenvalue weighted by Gasteiger charge is 2.31. The van der Waals surface area contributed by atoms with Gasteiger partial charge in [-0.05, 0) is 61.8 Å². The molecule has 0 unspecified atom stereocenters. The van der Waals surface area contributed by atoms with E-state index < -0.39 is 17.6 Å². The fraction of sp³-hybridized carbons (Fsp3) is 0.636. The van der Waals surface area contributed by atoms with Crippen molar-refractivity contribution in [1.29, 1.82) is 0 Å². The fourth-order valence-electron chi connectivity index (χ4n) is 5.93. The van der Waals surface area contributed by atoms with Gasteiger partial charge in [0.25, 0.3) is 0 Å². The van der Waals surface area contributed by atoms with Crippen LogP contribution < -0.4 is 10.2 Å². The zero-order chi connectivity index (χ0) is 30.7. The average Bonchev–Trinajstić information content (AvgIpc) is 3.01. The van der Waals surface area contributed by atoms with E-state index in [1.807, 2.05) is 4.90 Å². The lowest BCUT2D eigenvalue weighted by Gasteiger charge is -2.32. The van der Waals surface area contributed by atoms with Crippen LogP contribution in [-0.2, 0) is 11.0 Å². The van der Waals surface area contributed by atoms with Gasteiger partial charge in [-0.25, -0.2) is 13.8 Å². The minimum absolute atomic E-state index is 0.0605. The maximum Gasteiger partial charge on any atom is 0.417 e. The monoisotopic (exact) mass is 608 g/mol. The normalized spacial score (nSPS) is 18.1. The third-order valence-corrected chi connectivity index (χ3v) is 8.61. The van der Waals surface area contributed by atoms with Gasteiger partial charge >= 0.3 is 6.18 Å². The van der Waals surface area contributed by atoms with E-state index in [1.54, 1.807) is 0 Å². The third-order valence-electron chi connectivity index (χ3n) is 8.61. The molecule has 1 N–H and O–H groups in total. The first kappa shape index (κ1) is 33.0. The van der Waals surface area contributed by atoms with Crippen molar-refractivity contribution in [1.82, 2.24) is 4.98 Å². The maximum absolute atomic E-state index is 15.0. The molecule has 0 radical (unpaired) electrons. The molecule has 0 atom stereocenters. The fourth-order valence-corrected chi connectivity index (χ4v) is 5.93. The van der Waals surface area contributed by atoms with Crippen LogP contribution in [0.5, 0.6) is 0 Å². The van der Waals surface area contributed by atoms with Gasteiger partial charge in [0.2, 0.25) is 0 Å². The van der Waals surface area contributed by atoms with Gasteiger partial charge in [-0.3, -0.25) is 0 Å². The van der Waals surface area contributed by atoms with E-state index >= 15 is 0 Å². The molecule has 0 amide bonds. The number of anilines is 2. The van der Waals surface area contributed by atoms with Gasteiger partial charge in [-0.15, -0.1) is 0 Å². The Morgan fingerprint density at radius 3 is 2.21 bits per heavy atom. The molecule has 2 fully saturated rings. The lowest BCUT2D eigenvalue weighted by atomic mass is 9.83. The quantitative estimate of drug-likeness (QED) is 0.132. The van der Waals surface area contributed by atoms with Crippen LogP contribution in [-0.4, -0.2) is 36.4 Å². The summed E-state index contributed by atoms with van der Waals surface area (Å²) in [5.41, 5.74) is 0.828. The van der Waals surface area contributed by atoms with Crippen LogP contribution in [0.3, 0.4) is 0 Å². The molecule has 1 saturated carbocycles. The number of benzene rings is 1. The second-order valence-electron chi connectivity index (χ2n) is 11.9. The number of hydrogen-bond donors (Lipinski definition) is 1. The van der Waals surface area contributed by atoms with Gasteiger partial charge < -0.3 is 15.1 Å². The molecule has 2 aliphatic rings. The van der Waals surface area contributed by atoms with Crippen molar-refractivity contribution < 1.29 is 26.8 Å². The van der Waals surface area contributed by atoms with Crippen molar-refractivity contribution >= 4 is 17.2 Å². The summed E-state index contributed by atoms with van der Waals surface area (Å²) in [4.78, 5) is 11.7. The van der Waals surface area contributed by atoms with Crippen LogP contribution >= 0.6 is 0 Å². The predicted molar refractivity (Wildman–Crippen MR) is 162 cm³/mol. The number of unbranched alkanes of at least 4 members (excludes halogenated alkanes) is 7. The summed E-state index contributed by atoms with van der Waals surface area (Å²) in [5, 5.41) is 7.45. The highest BCUT2D eigenvalue weighted by Crippen LogP contribution is 2.35. The van der Waals surface area contributed by atoms with Gasteiger partial charge in [-0.2, -0.15) is 13.2 Å². The van der Waals surface area contributed by atoms with Crippen molar-refractivity contribution in [2.45, 2.75) is 115 Å². The number of alkyl halides is 3. The number of nitrogens with one attached hydrogen (secondary N) is 1. The SMILES string of the molecule is CCCCCCCCCCNc1cc(F)c(C2CCC(=NOC3CCN(c4ccc(C(F)(F)F)cn4)CC3)CC2)cc1F. The standard InChI is InChI=1S/C33H45F5N4O/c1-2-3-4-5-6-7-8-9-18-39-31-22-29(34)28(21-30(31)35)24-10-13-26(14-11-24)41-43-27-16-19-42(20-17-27)32-15-12-25(23-40-32)33(36,37)38/h12,15,21-24,27,39H,2-11,13-14,16-20H2,1H3. The lowest BCUT2D eigenvalue weighted by Crippen LogP contribution is -2.37. The molecule has 1 saturated heterocycles. The summed E-state index contributed by atoms with van der Waals surface area (Å²) in [6.45, 7) is 4.08. The Balaban J connectivity index is 1.16. The van der Waals surface area contributed by atoms with Crippen molar-refractivity contribution in [2.24, 2.45) is 5.16 Å². The van der Waals surface area contributed by atoms with Crippen LogP contribution in [0.25, 0.3) is 0 Å². The number of hydrogen-bond acceptors (Lipinski definition) is 5. The van der Waals surface area contributed by atoms with Gasteiger partial charge in [-0.1, -0.05) is 57.0 Å². The Labute approximate surface area is 252 Å². The van der Waals surface area contributed by atoms with Crippen molar-refractivity contribution in [3.8, 4) is 0 Å². The molecule has 0 bridgehead atoms. The maximum atomic E-state index is 15.0. The van der Waals surface area contributed by atoms with E-state index in [-0.39, 0.29) is 23.5 Å². The summed E-state index contributed by atoms with van der Waals surface area (Å²) in [6, 6.07) is 5.11. The first-order valence-electron chi connectivity index (χ1n) is 16.0. The molecule has 1 aromatic heterocycles. The number of nitrogens with zero attached hydrogens (tertiary/aromatic N) is 3. The van der Waals surface area contributed by atoms with E-state index in [4.69, 9.17) is 4.84 Å². The van der Waals surface area contributed by atoms with Crippen molar-refractivity contribution in [3.63, 3.8) is 0 Å². The second kappa shape index (κ2) is 16.2. The number of rotatable bonds is 14. The summed E-state index contributed by atoms with van der Waals surface area (Å²) >= 11 is 0. The Morgan fingerprint density at radius 1 is 0.907 bits per heavy atom. The third kappa shape index (κ3) is 10.1. The average molecular weight is 609 g/mol. The van der Waals surface area contributed by atoms with E-state index in [1.165, 1.54) is 56.7 Å². The largest absolute Gasteiger partial charge is 0.417 e. The first-order valence-corrected chi connectivity index (χ1v) is 16.0. The molecule has 2 aromatic rings. The van der Waals surface area contributed by atoms with E-state index in [0.29, 0.717) is 69.5 Å². The summed E-state index contributed by atoms with van der Waals surface area (Å²) in [5.74, 6) is -0.311. The molecular formula is C33H45F5N4O. The van der Waals surface area contributed by atoms with E-state index in [9.17, 15) is 22.0 Å². The number of pyridine rings is 1. The number of piperidine rings is 1. The highest BCUT2D eigenvalue weighted by atomic mass is 19.4. The van der Waals surface area contributed by atoms with Crippen LogP contribution in [0, 0.1) is 11.6 Å². The minimum atomic E-state index is -4.40. The Morgan fingerprint density at radius 2 is 1.58 bits per heavy atom. The molecule has 1 aromatic carbocycles. The van der Waals surface area contributed by atoms with E-state index in [0.717, 1.165) is 30.8 Å². The highest BCUT2D eigenvalue weighted by molar-refractivity contribution is 5.84. The Kier molecular flexibility index (Phi) is 12.5.